The molecule has 0 aromatic heterocycles. The van der Waals surface area contributed by atoms with Gasteiger partial charge in [-0.3, -0.25) is 4.79 Å². The Morgan fingerprint density at radius 1 is 1.43 bits per heavy atom. The van der Waals surface area contributed by atoms with Gasteiger partial charge in [0.15, 0.2) is 5.78 Å². The average Bonchev–Trinajstić information content (AvgIpc) is 2.48. The van der Waals surface area contributed by atoms with Crippen LogP contribution in [-0.4, -0.2) is 18.9 Å². The number of benzene rings is 1. The van der Waals surface area contributed by atoms with Crippen LogP contribution in [0.2, 0.25) is 0 Å². The molecule has 0 N–H and O–H groups in total. The van der Waals surface area contributed by atoms with E-state index >= 15 is 0 Å². The summed E-state index contributed by atoms with van der Waals surface area (Å²) in [7, 11) is 0. The Bertz CT molecular complexity index is 364. The molecule has 0 radical (unpaired) electrons. The van der Waals surface area contributed by atoms with Crippen LogP contribution < -0.4 is 4.90 Å². The molecule has 2 nitrogen and oxygen atoms in total. The van der Waals surface area contributed by atoms with Crippen molar-refractivity contribution in [1.82, 2.24) is 0 Å². The predicted octanol–water partition coefficient (Wildman–Crippen LogP) is 1.85. The van der Waals surface area contributed by atoms with Gasteiger partial charge in [0.2, 0.25) is 0 Å². The Hall–Kier alpha value is -1.38. The molecule has 1 heterocycles. The number of anilines is 1. The Morgan fingerprint density at radius 3 is 2.71 bits per heavy atom. The number of halogens is 1. The fraction of sp³-hybridized carbons (Fsp3) is 0.364. The van der Waals surface area contributed by atoms with Gasteiger partial charge in [-0.05, 0) is 12.1 Å². The maximum absolute atomic E-state index is 13.3. The SMILES string of the molecule is CC1CN(c2ccccc2F)CC1=O. The Morgan fingerprint density at radius 2 is 2.14 bits per heavy atom. The molecule has 1 atom stereocenters. The van der Waals surface area contributed by atoms with E-state index in [9.17, 15) is 9.18 Å². The maximum atomic E-state index is 13.3. The molecule has 14 heavy (non-hydrogen) atoms. The molecule has 1 fully saturated rings. The molecule has 3 heteroatoms. The van der Waals surface area contributed by atoms with E-state index < -0.39 is 0 Å². The second-order valence-electron chi connectivity index (χ2n) is 3.70. The first-order valence-corrected chi connectivity index (χ1v) is 4.70. The molecular weight excluding hydrogens is 181 g/mol. The summed E-state index contributed by atoms with van der Waals surface area (Å²) in [5, 5.41) is 0. The summed E-state index contributed by atoms with van der Waals surface area (Å²) in [4.78, 5) is 13.1. The second kappa shape index (κ2) is 3.40. The average molecular weight is 193 g/mol. The van der Waals surface area contributed by atoms with Crippen molar-refractivity contribution in [1.29, 1.82) is 0 Å². The lowest BCUT2D eigenvalue weighted by Crippen LogP contribution is -2.20. The zero-order chi connectivity index (χ0) is 10.1. The fourth-order valence-corrected chi connectivity index (χ4v) is 1.73. The van der Waals surface area contributed by atoms with Crippen LogP contribution in [0.25, 0.3) is 0 Å². The quantitative estimate of drug-likeness (QED) is 0.678. The molecule has 74 valence electrons. The molecule has 2 rings (SSSR count). The van der Waals surface area contributed by atoms with E-state index in [1.807, 2.05) is 6.92 Å². The standard InChI is InChI=1S/C11H12FNO/c1-8-6-13(7-11(8)14)10-5-3-2-4-9(10)12/h2-5,8H,6-7H2,1H3. The molecule has 1 aliphatic rings. The highest BCUT2D eigenvalue weighted by Crippen LogP contribution is 2.23. The van der Waals surface area contributed by atoms with Gasteiger partial charge in [-0.25, -0.2) is 4.39 Å². The normalized spacial score (nSPS) is 21.7. The van der Waals surface area contributed by atoms with E-state index in [0.29, 0.717) is 18.8 Å². The van der Waals surface area contributed by atoms with Crippen LogP contribution in [0.1, 0.15) is 6.92 Å². The first kappa shape index (κ1) is 9.19. The van der Waals surface area contributed by atoms with Gasteiger partial charge in [0.1, 0.15) is 5.82 Å². The minimum Gasteiger partial charge on any atom is -0.361 e. The summed E-state index contributed by atoms with van der Waals surface area (Å²) in [6, 6.07) is 6.56. The lowest BCUT2D eigenvalue weighted by atomic mass is 10.1. The van der Waals surface area contributed by atoms with Crippen molar-refractivity contribution < 1.29 is 9.18 Å². The van der Waals surface area contributed by atoms with Crippen LogP contribution in [0.4, 0.5) is 10.1 Å². The molecule has 1 aliphatic heterocycles. The Kier molecular flexibility index (Phi) is 2.23. The molecule has 1 aromatic carbocycles. The van der Waals surface area contributed by atoms with Crippen LogP contribution in [0.3, 0.4) is 0 Å². The molecule has 1 unspecified atom stereocenters. The van der Waals surface area contributed by atoms with Crippen LogP contribution >= 0.6 is 0 Å². The topological polar surface area (TPSA) is 20.3 Å². The van der Waals surface area contributed by atoms with Crippen LogP contribution in [0.5, 0.6) is 0 Å². The summed E-state index contributed by atoms with van der Waals surface area (Å²) in [6.07, 6.45) is 0. The number of para-hydroxylation sites is 1. The van der Waals surface area contributed by atoms with Crippen LogP contribution in [0, 0.1) is 11.7 Å². The monoisotopic (exact) mass is 193 g/mol. The van der Waals surface area contributed by atoms with E-state index in [1.54, 1.807) is 23.1 Å². The van der Waals surface area contributed by atoms with E-state index in [-0.39, 0.29) is 17.5 Å². The summed E-state index contributed by atoms with van der Waals surface area (Å²) in [5.74, 6) is -0.0442. The number of hydrogen-bond donors (Lipinski definition) is 0. The third-order valence-corrected chi connectivity index (χ3v) is 2.58. The zero-order valence-electron chi connectivity index (χ0n) is 8.03. The Balaban J connectivity index is 2.25. The lowest BCUT2D eigenvalue weighted by molar-refractivity contribution is -0.118. The minimum absolute atomic E-state index is 0.0228. The van der Waals surface area contributed by atoms with Crippen molar-refractivity contribution in [2.45, 2.75) is 6.92 Å². The molecule has 0 spiro atoms. The number of ketones is 1. The van der Waals surface area contributed by atoms with Crippen molar-refractivity contribution >= 4 is 11.5 Å². The number of carbonyl (C=O) groups excluding carboxylic acids is 1. The molecule has 0 aliphatic carbocycles. The number of Topliss-reactive ketones (excluding diaryl/α,β-unsaturated/α-hetero) is 1. The summed E-state index contributed by atoms with van der Waals surface area (Å²) >= 11 is 0. The molecule has 0 amide bonds. The number of nitrogens with zero attached hydrogens (tertiary/aromatic N) is 1. The smallest absolute Gasteiger partial charge is 0.156 e. The molecular formula is C11H12FNO. The molecule has 1 saturated heterocycles. The third kappa shape index (κ3) is 1.50. The van der Waals surface area contributed by atoms with Gasteiger partial charge in [-0.15, -0.1) is 0 Å². The highest BCUT2D eigenvalue weighted by Gasteiger charge is 2.28. The lowest BCUT2D eigenvalue weighted by Gasteiger charge is -2.17. The zero-order valence-corrected chi connectivity index (χ0v) is 8.03. The Labute approximate surface area is 82.3 Å². The fourth-order valence-electron chi connectivity index (χ4n) is 1.73. The summed E-state index contributed by atoms with van der Waals surface area (Å²) < 4.78 is 13.3. The van der Waals surface area contributed by atoms with Gasteiger partial charge >= 0.3 is 0 Å². The van der Waals surface area contributed by atoms with Crippen molar-refractivity contribution in [3.63, 3.8) is 0 Å². The second-order valence-corrected chi connectivity index (χ2v) is 3.70. The van der Waals surface area contributed by atoms with Crippen molar-refractivity contribution in [3.8, 4) is 0 Å². The minimum atomic E-state index is -0.255. The molecule has 0 saturated carbocycles. The van der Waals surface area contributed by atoms with Crippen molar-refractivity contribution in [3.05, 3.63) is 30.1 Å². The number of hydrogen-bond acceptors (Lipinski definition) is 2. The van der Waals surface area contributed by atoms with Gasteiger partial charge in [0, 0.05) is 12.5 Å². The van der Waals surface area contributed by atoms with E-state index in [4.69, 9.17) is 0 Å². The maximum Gasteiger partial charge on any atom is 0.156 e. The van der Waals surface area contributed by atoms with Crippen LogP contribution in [0.15, 0.2) is 24.3 Å². The number of carbonyl (C=O) groups is 1. The first-order chi connectivity index (χ1) is 6.68. The third-order valence-electron chi connectivity index (χ3n) is 2.58. The van der Waals surface area contributed by atoms with Gasteiger partial charge < -0.3 is 4.90 Å². The predicted molar refractivity (Wildman–Crippen MR) is 52.8 cm³/mol. The van der Waals surface area contributed by atoms with Gasteiger partial charge in [0.05, 0.1) is 12.2 Å². The molecule has 0 bridgehead atoms. The van der Waals surface area contributed by atoms with Gasteiger partial charge in [0.25, 0.3) is 0 Å². The van der Waals surface area contributed by atoms with Crippen molar-refractivity contribution in [2.24, 2.45) is 5.92 Å². The first-order valence-electron chi connectivity index (χ1n) is 4.70. The highest BCUT2D eigenvalue weighted by atomic mass is 19.1. The van der Waals surface area contributed by atoms with E-state index in [0.717, 1.165) is 0 Å². The highest BCUT2D eigenvalue weighted by molar-refractivity contribution is 5.89. The van der Waals surface area contributed by atoms with Crippen LogP contribution in [-0.2, 0) is 4.79 Å². The molecule has 1 aromatic rings. The van der Waals surface area contributed by atoms with E-state index in [2.05, 4.69) is 0 Å². The summed E-state index contributed by atoms with van der Waals surface area (Å²) in [5.41, 5.74) is 0.533. The van der Waals surface area contributed by atoms with Gasteiger partial charge in [-0.2, -0.15) is 0 Å². The largest absolute Gasteiger partial charge is 0.361 e. The van der Waals surface area contributed by atoms with Gasteiger partial charge in [-0.1, -0.05) is 19.1 Å². The number of rotatable bonds is 1. The summed E-state index contributed by atoms with van der Waals surface area (Å²) in [6.45, 7) is 2.84. The van der Waals surface area contributed by atoms with Crippen molar-refractivity contribution in [2.75, 3.05) is 18.0 Å². The van der Waals surface area contributed by atoms with E-state index in [1.165, 1.54) is 6.07 Å².